The first-order chi connectivity index (χ1) is 4.10. The van der Waals surface area contributed by atoms with Gasteiger partial charge in [-0.2, -0.15) is 0 Å². The van der Waals surface area contributed by atoms with Crippen LogP contribution in [-0.2, 0) is 0 Å². The first kappa shape index (κ1) is 7.03. The molecule has 0 spiro atoms. The normalized spacial score (nSPS) is 45.0. The Bertz CT molecular complexity index is 99.1. The zero-order valence-corrected chi connectivity index (χ0v) is 6.28. The molecule has 0 aromatic rings. The van der Waals surface area contributed by atoms with E-state index >= 15 is 0 Å². The van der Waals surface area contributed by atoms with Crippen LogP contribution in [0.5, 0.6) is 0 Å². The van der Waals surface area contributed by atoms with Gasteiger partial charge in [0.15, 0.2) is 0 Å². The topological polar surface area (TPSA) is 38.0 Å². The Balaban J connectivity index is 2.41. The molecule has 0 saturated carbocycles. The first-order valence-electron chi connectivity index (χ1n) is 3.62. The highest BCUT2D eigenvalue weighted by Crippen LogP contribution is 2.16. The Kier molecular flexibility index (Phi) is 1.78. The average molecular weight is 128 g/mol. The van der Waals surface area contributed by atoms with Crippen LogP contribution in [0.1, 0.15) is 26.7 Å². The van der Waals surface area contributed by atoms with Crippen molar-refractivity contribution in [2.24, 2.45) is 5.73 Å². The molecule has 2 atom stereocenters. The molecule has 0 unspecified atom stereocenters. The van der Waals surface area contributed by atoms with Gasteiger partial charge in [0, 0.05) is 11.6 Å². The van der Waals surface area contributed by atoms with Crippen LogP contribution >= 0.6 is 0 Å². The third-order valence-electron chi connectivity index (χ3n) is 1.96. The second-order valence-electron chi connectivity index (χ2n) is 3.46. The molecule has 2 nitrogen and oxygen atoms in total. The minimum atomic E-state index is 0.0880. The largest absolute Gasteiger partial charge is 0.325 e. The van der Waals surface area contributed by atoms with E-state index in [1.165, 1.54) is 0 Å². The van der Waals surface area contributed by atoms with Crippen molar-refractivity contribution in [3.63, 3.8) is 0 Å². The summed E-state index contributed by atoms with van der Waals surface area (Å²) in [7, 11) is 0. The highest BCUT2D eigenvalue weighted by atomic mass is 14.9. The van der Waals surface area contributed by atoms with Crippen molar-refractivity contribution < 1.29 is 0 Å². The van der Waals surface area contributed by atoms with Gasteiger partial charge in [-0.05, 0) is 33.2 Å². The maximum absolute atomic E-state index is 5.93. The fourth-order valence-electron chi connectivity index (χ4n) is 1.48. The summed E-state index contributed by atoms with van der Waals surface area (Å²) in [6.45, 7) is 5.39. The van der Waals surface area contributed by atoms with Crippen molar-refractivity contribution in [3.05, 3.63) is 0 Å². The first-order valence-corrected chi connectivity index (χ1v) is 3.62. The quantitative estimate of drug-likeness (QED) is 0.498. The lowest BCUT2D eigenvalue weighted by Gasteiger charge is -2.34. The maximum Gasteiger partial charge on any atom is 0.0152 e. The second-order valence-corrected chi connectivity index (χ2v) is 3.46. The fourth-order valence-corrected chi connectivity index (χ4v) is 1.48. The molecule has 2 heteroatoms. The fraction of sp³-hybridized carbons (Fsp3) is 1.00. The van der Waals surface area contributed by atoms with Crippen LogP contribution in [0.3, 0.4) is 0 Å². The molecule has 0 bridgehead atoms. The zero-order chi connectivity index (χ0) is 6.91. The summed E-state index contributed by atoms with van der Waals surface area (Å²) in [6, 6.07) is 0.605. The van der Waals surface area contributed by atoms with E-state index in [1.54, 1.807) is 0 Å². The number of nitrogens with two attached hydrogens (primary N) is 1. The van der Waals surface area contributed by atoms with Crippen molar-refractivity contribution >= 4 is 0 Å². The van der Waals surface area contributed by atoms with E-state index < -0.39 is 0 Å². The average Bonchev–Trinajstić information content (AvgIpc) is 1.60. The standard InChI is InChI=1S/C7H16N2/c1-6-5-7(2,8)3-4-9-6/h6,9H,3-5,8H2,1-2H3/t6-,7+/m0/s1. The van der Waals surface area contributed by atoms with Gasteiger partial charge in [0.25, 0.3) is 0 Å². The summed E-state index contributed by atoms with van der Waals surface area (Å²) in [6.07, 6.45) is 2.21. The third kappa shape index (κ3) is 1.95. The van der Waals surface area contributed by atoms with Crippen molar-refractivity contribution in [3.8, 4) is 0 Å². The van der Waals surface area contributed by atoms with Crippen LogP contribution in [0.4, 0.5) is 0 Å². The van der Waals surface area contributed by atoms with Gasteiger partial charge in [0.1, 0.15) is 0 Å². The lowest BCUT2D eigenvalue weighted by atomic mass is 9.88. The lowest BCUT2D eigenvalue weighted by molar-refractivity contribution is 0.286. The summed E-state index contributed by atoms with van der Waals surface area (Å²) in [5, 5.41) is 3.36. The highest BCUT2D eigenvalue weighted by Gasteiger charge is 2.24. The van der Waals surface area contributed by atoms with Crippen molar-refractivity contribution in [1.82, 2.24) is 5.32 Å². The summed E-state index contributed by atoms with van der Waals surface area (Å²) in [5.74, 6) is 0. The van der Waals surface area contributed by atoms with Crippen molar-refractivity contribution in [1.29, 1.82) is 0 Å². The highest BCUT2D eigenvalue weighted by molar-refractivity contribution is 4.88. The molecule has 1 saturated heterocycles. The summed E-state index contributed by atoms with van der Waals surface area (Å²) in [5.41, 5.74) is 6.02. The third-order valence-corrected chi connectivity index (χ3v) is 1.96. The van der Waals surface area contributed by atoms with Crippen LogP contribution in [0.25, 0.3) is 0 Å². The number of nitrogens with one attached hydrogen (secondary N) is 1. The van der Waals surface area contributed by atoms with Crippen LogP contribution < -0.4 is 11.1 Å². The number of hydrogen-bond acceptors (Lipinski definition) is 2. The van der Waals surface area contributed by atoms with E-state index in [0.29, 0.717) is 6.04 Å². The molecular weight excluding hydrogens is 112 g/mol. The number of piperidine rings is 1. The van der Waals surface area contributed by atoms with E-state index in [0.717, 1.165) is 19.4 Å². The van der Waals surface area contributed by atoms with Gasteiger partial charge in [0.05, 0.1) is 0 Å². The van der Waals surface area contributed by atoms with E-state index in [2.05, 4.69) is 19.2 Å². The van der Waals surface area contributed by atoms with Gasteiger partial charge in [0.2, 0.25) is 0 Å². The molecule has 0 amide bonds. The smallest absolute Gasteiger partial charge is 0.0152 e. The molecular formula is C7H16N2. The summed E-state index contributed by atoms with van der Waals surface area (Å²) in [4.78, 5) is 0. The van der Waals surface area contributed by atoms with Crippen LogP contribution in [0, 0.1) is 0 Å². The molecule has 1 fully saturated rings. The van der Waals surface area contributed by atoms with Gasteiger partial charge >= 0.3 is 0 Å². The minimum Gasteiger partial charge on any atom is -0.325 e. The van der Waals surface area contributed by atoms with Crippen molar-refractivity contribution in [2.45, 2.75) is 38.3 Å². The maximum atomic E-state index is 5.93. The molecule has 1 rings (SSSR count). The van der Waals surface area contributed by atoms with Crippen LogP contribution in [-0.4, -0.2) is 18.1 Å². The molecule has 9 heavy (non-hydrogen) atoms. The molecule has 0 radical (unpaired) electrons. The molecule has 0 aliphatic carbocycles. The molecule has 0 aromatic carbocycles. The summed E-state index contributed by atoms with van der Waals surface area (Å²) >= 11 is 0. The predicted molar refractivity (Wildman–Crippen MR) is 39.3 cm³/mol. The molecule has 1 heterocycles. The Hall–Kier alpha value is -0.0800. The van der Waals surface area contributed by atoms with Crippen LogP contribution in [0.2, 0.25) is 0 Å². The van der Waals surface area contributed by atoms with Gasteiger partial charge in [-0.25, -0.2) is 0 Å². The molecule has 1 aliphatic heterocycles. The lowest BCUT2D eigenvalue weighted by Crippen LogP contribution is -2.50. The Labute approximate surface area is 56.8 Å². The van der Waals surface area contributed by atoms with E-state index in [9.17, 15) is 0 Å². The molecule has 1 aliphatic rings. The zero-order valence-electron chi connectivity index (χ0n) is 6.28. The monoisotopic (exact) mass is 128 g/mol. The minimum absolute atomic E-state index is 0.0880. The Morgan fingerprint density at radius 2 is 2.33 bits per heavy atom. The van der Waals surface area contributed by atoms with E-state index in [-0.39, 0.29) is 5.54 Å². The SMILES string of the molecule is C[C@H]1C[C@](C)(N)CCN1. The molecule has 0 aromatic heterocycles. The Morgan fingerprint density at radius 1 is 1.67 bits per heavy atom. The van der Waals surface area contributed by atoms with Gasteiger partial charge in [-0.15, -0.1) is 0 Å². The van der Waals surface area contributed by atoms with Gasteiger partial charge < -0.3 is 11.1 Å². The van der Waals surface area contributed by atoms with Gasteiger partial charge in [-0.3, -0.25) is 0 Å². The second kappa shape index (κ2) is 2.27. The van der Waals surface area contributed by atoms with E-state index in [4.69, 9.17) is 5.73 Å². The number of rotatable bonds is 0. The van der Waals surface area contributed by atoms with Crippen molar-refractivity contribution in [2.75, 3.05) is 6.54 Å². The Morgan fingerprint density at radius 3 is 2.67 bits per heavy atom. The van der Waals surface area contributed by atoms with Crippen LogP contribution in [0.15, 0.2) is 0 Å². The molecule has 54 valence electrons. The summed E-state index contributed by atoms with van der Waals surface area (Å²) < 4.78 is 0. The van der Waals surface area contributed by atoms with Gasteiger partial charge in [-0.1, -0.05) is 0 Å². The van der Waals surface area contributed by atoms with E-state index in [1.807, 2.05) is 0 Å². The number of hydrogen-bond donors (Lipinski definition) is 2. The predicted octanol–water partition coefficient (Wildman–Crippen LogP) is 0.476. The molecule has 3 N–H and O–H groups in total.